The third-order valence-corrected chi connectivity index (χ3v) is 6.44. The van der Waals surface area contributed by atoms with Crippen molar-refractivity contribution >= 4 is 46.7 Å². The van der Waals surface area contributed by atoms with Gasteiger partial charge in [0.25, 0.3) is 0 Å². The third-order valence-electron chi connectivity index (χ3n) is 5.39. The lowest BCUT2D eigenvalue weighted by molar-refractivity contribution is -0.129. The predicted octanol–water partition coefficient (Wildman–Crippen LogP) is 4.31. The van der Waals surface area contributed by atoms with Crippen LogP contribution < -0.4 is 10.2 Å². The van der Waals surface area contributed by atoms with Gasteiger partial charge >= 0.3 is 5.97 Å². The summed E-state index contributed by atoms with van der Waals surface area (Å²) in [7, 11) is 0. The van der Waals surface area contributed by atoms with Crippen LogP contribution in [0.25, 0.3) is 0 Å². The number of hydrogen-bond donors (Lipinski definition) is 1. The molecule has 1 aliphatic heterocycles. The van der Waals surface area contributed by atoms with Crippen LogP contribution in [0.3, 0.4) is 0 Å². The SMILES string of the molecule is CC(C)(C)C(=O)COC(=O)c1ccccc1SCC(=O)N1c2ccccc2NC(=O)C1(C)C. The Bertz CT molecular complexity index is 1100. The molecule has 8 heteroatoms. The number of nitrogens with one attached hydrogen (secondary N) is 1. The van der Waals surface area contributed by atoms with Gasteiger partial charge in [-0.2, -0.15) is 0 Å². The van der Waals surface area contributed by atoms with Crippen molar-refractivity contribution in [2.24, 2.45) is 5.41 Å². The second kappa shape index (κ2) is 9.39. The molecule has 0 spiro atoms. The molecule has 0 atom stereocenters. The van der Waals surface area contributed by atoms with E-state index < -0.39 is 16.9 Å². The van der Waals surface area contributed by atoms with E-state index in [2.05, 4.69) is 5.32 Å². The smallest absolute Gasteiger partial charge is 0.339 e. The average molecular weight is 469 g/mol. The van der Waals surface area contributed by atoms with Crippen molar-refractivity contribution in [1.82, 2.24) is 0 Å². The molecular weight excluding hydrogens is 440 g/mol. The largest absolute Gasteiger partial charge is 0.454 e. The van der Waals surface area contributed by atoms with Gasteiger partial charge in [0.2, 0.25) is 11.8 Å². The van der Waals surface area contributed by atoms with Crippen LogP contribution in [0.2, 0.25) is 0 Å². The van der Waals surface area contributed by atoms with Crippen LogP contribution in [0, 0.1) is 5.41 Å². The van der Waals surface area contributed by atoms with Crippen LogP contribution in [-0.4, -0.2) is 41.5 Å². The molecule has 2 aromatic carbocycles. The van der Waals surface area contributed by atoms with E-state index >= 15 is 0 Å². The van der Waals surface area contributed by atoms with Crippen LogP contribution in [0.15, 0.2) is 53.4 Å². The minimum atomic E-state index is -1.07. The van der Waals surface area contributed by atoms with E-state index in [0.29, 0.717) is 16.3 Å². The normalized spacial score (nSPS) is 14.8. The fourth-order valence-corrected chi connectivity index (χ4v) is 4.18. The zero-order valence-corrected chi connectivity index (χ0v) is 20.2. The third kappa shape index (κ3) is 5.27. The van der Waals surface area contributed by atoms with Crippen molar-refractivity contribution in [3.05, 3.63) is 54.1 Å². The van der Waals surface area contributed by atoms with Gasteiger partial charge in [-0.15, -0.1) is 11.8 Å². The highest BCUT2D eigenvalue weighted by Gasteiger charge is 2.43. The highest BCUT2D eigenvalue weighted by atomic mass is 32.2. The number of hydrogen-bond acceptors (Lipinski definition) is 6. The quantitative estimate of drug-likeness (QED) is 0.502. The molecule has 174 valence electrons. The fraction of sp³-hybridized carbons (Fsp3) is 0.360. The number of ketones is 1. The molecule has 0 aromatic heterocycles. The lowest BCUT2D eigenvalue weighted by Gasteiger charge is -2.42. The van der Waals surface area contributed by atoms with Crippen molar-refractivity contribution in [1.29, 1.82) is 0 Å². The molecule has 0 aliphatic carbocycles. The maximum Gasteiger partial charge on any atom is 0.339 e. The van der Waals surface area contributed by atoms with Crippen molar-refractivity contribution in [3.8, 4) is 0 Å². The van der Waals surface area contributed by atoms with Crippen LogP contribution in [0.4, 0.5) is 11.4 Å². The van der Waals surface area contributed by atoms with Gasteiger partial charge in [0.15, 0.2) is 12.4 Å². The first-order valence-corrected chi connectivity index (χ1v) is 11.6. The molecule has 33 heavy (non-hydrogen) atoms. The number of fused-ring (bicyclic) bond motifs is 1. The Morgan fingerprint density at radius 2 is 1.67 bits per heavy atom. The number of rotatable bonds is 6. The number of para-hydroxylation sites is 2. The van der Waals surface area contributed by atoms with Crippen molar-refractivity contribution < 1.29 is 23.9 Å². The van der Waals surface area contributed by atoms with E-state index in [0.717, 1.165) is 0 Å². The molecule has 3 rings (SSSR count). The highest BCUT2D eigenvalue weighted by Crippen LogP contribution is 2.37. The Labute approximate surface area is 197 Å². The number of thioether (sulfide) groups is 1. The summed E-state index contributed by atoms with van der Waals surface area (Å²) in [5, 5.41) is 2.84. The summed E-state index contributed by atoms with van der Waals surface area (Å²) in [5.41, 5.74) is -0.190. The zero-order chi connectivity index (χ0) is 24.4. The lowest BCUT2D eigenvalue weighted by atomic mass is 9.91. The molecule has 7 nitrogen and oxygen atoms in total. The Kier molecular flexibility index (Phi) is 6.97. The standard InChI is InChI=1S/C25H28N2O5S/c1-24(2,3)20(28)14-32-22(30)16-10-6-9-13-19(16)33-15-21(29)27-18-12-8-7-11-17(18)26-23(31)25(27,4)5/h6-13H,14-15H2,1-5H3,(H,26,31). The molecular formula is C25H28N2O5S. The summed E-state index contributed by atoms with van der Waals surface area (Å²) in [6.07, 6.45) is 0. The fourth-order valence-electron chi connectivity index (χ4n) is 3.29. The first-order valence-electron chi connectivity index (χ1n) is 10.6. The van der Waals surface area contributed by atoms with E-state index in [-0.39, 0.29) is 35.5 Å². The predicted molar refractivity (Wildman–Crippen MR) is 129 cm³/mol. The number of amides is 2. The monoisotopic (exact) mass is 468 g/mol. The van der Waals surface area contributed by atoms with Crippen LogP contribution in [-0.2, 0) is 19.1 Å². The number of carbonyl (C=O) groups excluding carboxylic acids is 4. The first kappa shape index (κ1) is 24.5. The molecule has 0 bridgehead atoms. The van der Waals surface area contributed by atoms with Gasteiger partial charge in [-0.25, -0.2) is 4.79 Å². The van der Waals surface area contributed by atoms with Gasteiger partial charge in [-0.1, -0.05) is 45.0 Å². The number of anilines is 2. The topological polar surface area (TPSA) is 92.8 Å². The van der Waals surface area contributed by atoms with Gasteiger partial charge in [-0.3, -0.25) is 19.3 Å². The molecule has 0 fully saturated rings. The average Bonchev–Trinajstić information content (AvgIpc) is 2.75. The van der Waals surface area contributed by atoms with Gasteiger partial charge in [0, 0.05) is 10.3 Å². The Morgan fingerprint density at radius 3 is 2.36 bits per heavy atom. The second-order valence-electron chi connectivity index (χ2n) is 9.29. The second-order valence-corrected chi connectivity index (χ2v) is 10.3. The van der Waals surface area contributed by atoms with E-state index in [1.54, 1.807) is 77.1 Å². The Hall–Kier alpha value is -3.13. The first-order chi connectivity index (χ1) is 15.4. The molecule has 0 saturated carbocycles. The molecule has 1 N–H and O–H groups in total. The van der Waals surface area contributed by atoms with Gasteiger partial charge in [-0.05, 0) is 38.1 Å². The number of esters is 1. The maximum absolute atomic E-state index is 13.3. The van der Waals surface area contributed by atoms with Crippen LogP contribution >= 0.6 is 11.8 Å². The van der Waals surface area contributed by atoms with Gasteiger partial charge < -0.3 is 10.1 Å². The summed E-state index contributed by atoms with van der Waals surface area (Å²) in [6.45, 7) is 8.36. The summed E-state index contributed by atoms with van der Waals surface area (Å²) < 4.78 is 5.22. The number of ether oxygens (including phenoxy) is 1. The van der Waals surface area contributed by atoms with Crippen LogP contribution in [0.1, 0.15) is 45.0 Å². The number of Topliss-reactive ketones (excluding diaryl/α,β-unsaturated/α-hetero) is 1. The zero-order valence-electron chi connectivity index (χ0n) is 19.4. The van der Waals surface area contributed by atoms with E-state index in [4.69, 9.17) is 4.74 Å². The molecule has 0 unspecified atom stereocenters. The minimum absolute atomic E-state index is 0.0102. The van der Waals surface area contributed by atoms with Gasteiger partial charge in [0.05, 0.1) is 22.7 Å². The Morgan fingerprint density at radius 1 is 1.03 bits per heavy atom. The molecule has 2 aromatic rings. The number of benzene rings is 2. The lowest BCUT2D eigenvalue weighted by Crippen LogP contribution is -2.58. The highest BCUT2D eigenvalue weighted by molar-refractivity contribution is 8.00. The number of carbonyl (C=O) groups is 4. The summed E-state index contributed by atoms with van der Waals surface area (Å²) >= 11 is 1.18. The van der Waals surface area contributed by atoms with Gasteiger partial charge in [0.1, 0.15) is 5.54 Å². The van der Waals surface area contributed by atoms with Crippen LogP contribution in [0.5, 0.6) is 0 Å². The minimum Gasteiger partial charge on any atom is -0.454 e. The molecule has 2 amide bonds. The van der Waals surface area contributed by atoms with E-state index in [9.17, 15) is 19.2 Å². The molecule has 1 aliphatic rings. The summed E-state index contributed by atoms with van der Waals surface area (Å²) in [4.78, 5) is 52.6. The summed E-state index contributed by atoms with van der Waals surface area (Å²) in [5.74, 6) is -1.33. The number of nitrogens with zero attached hydrogens (tertiary/aromatic N) is 1. The van der Waals surface area contributed by atoms with E-state index in [1.165, 1.54) is 16.7 Å². The van der Waals surface area contributed by atoms with Crippen molar-refractivity contribution in [3.63, 3.8) is 0 Å². The molecule has 1 heterocycles. The van der Waals surface area contributed by atoms with Crippen molar-refractivity contribution in [2.45, 2.75) is 45.1 Å². The maximum atomic E-state index is 13.3. The summed E-state index contributed by atoms with van der Waals surface area (Å²) in [6, 6.07) is 13.9. The molecule has 0 radical (unpaired) electrons. The van der Waals surface area contributed by atoms with Crippen molar-refractivity contribution in [2.75, 3.05) is 22.6 Å². The van der Waals surface area contributed by atoms with E-state index in [1.807, 2.05) is 6.07 Å². The Balaban J connectivity index is 1.76. The molecule has 0 saturated heterocycles.